The minimum absolute atomic E-state index is 0.0221. The van der Waals surface area contributed by atoms with Crippen molar-refractivity contribution in [3.63, 3.8) is 0 Å². The van der Waals surface area contributed by atoms with Crippen molar-refractivity contribution in [1.29, 1.82) is 0 Å². The van der Waals surface area contributed by atoms with Crippen molar-refractivity contribution in [3.8, 4) is 0 Å². The zero-order valence-corrected chi connectivity index (χ0v) is 18.0. The number of nitrogens with zero attached hydrogens (tertiary/aromatic N) is 2. The van der Waals surface area contributed by atoms with E-state index < -0.39 is 17.0 Å². The van der Waals surface area contributed by atoms with Gasteiger partial charge in [0.1, 0.15) is 5.82 Å². The molecule has 0 radical (unpaired) electrons. The average molecular weight is 440 g/mol. The van der Waals surface area contributed by atoms with Gasteiger partial charge in [-0.25, -0.2) is 4.39 Å². The van der Waals surface area contributed by atoms with Gasteiger partial charge in [0.15, 0.2) is 5.78 Å². The van der Waals surface area contributed by atoms with Gasteiger partial charge in [0.2, 0.25) is 5.43 Å². The monoisotopic (exact) mass is 439 g/mol. The number of anilines is 1. The van der Waals surface area contributed by atoms with Crippen molar-refractivity contribution < 1.29 is 9.18 Å². The molecule has 7 heteroatoms. The van der Waals surface area contributed by atoms with Crippen LogP contribution in [-0.2, 0) is 6.54 Å². The number of hydrogen-bond acceptors (Lipinski definition) is 4. The van der Waals surface area contributed by atoms with Crippen LogP contribution in [0.2, 0.25) is 5.02 Å². The lowest BCUT2D eigenvalue weighted by atomic mass is 10.1. The maximum Gasteiger partial charge on any atom is 0.200 e. The summed E-state index contributed by atoms with van der Waals surface area (Å²) in [4.78, 5) is 27.8. The molecule has 0 amide bonds. The first-order valence-corrected chi connectivity index (χ1v) is 10.7. The van der Waals surface area contributed by atoms with Crippen LogP contribution in [0.25, 0.3) is 17.0 Å². The molecule has 1 aliphatic heterocycles. The van der Waals surface area contributed by atoms with Crippen LogP contribution in [0.4, 0.5) is 10.1 Å². The molecule has 1 N–H and O–H groups in total. The molecule has 0 bridgehead atoms. The van der Waals surface area contributed by atoms with Crippen LogP contribution < -0.4 is 15.6 Å². The Hall–Kier alpha value is -2.96. The molecule has 0 atom stereocenters. The van der Waals surface area contributed by atoms with Crippen LogP contribution in [0.15, 0.2) is 53.5 Å². The Bertz CT molecular complexity index is 1210. The van der Waals surface area contributed by atoms with Gasteiger partial charge in [0.25, 0.3) is 0 Å². The predicted octanol–water partition coefficient (Wildman–Crippen LogP) is 4.12. The first-order chi connectivity index (χ1) is 15.0. The molecule has 160 valence electrons. The van der Waals surface area contributed by atoms with E-state index in [0.29, 0.717) is 35.9 Å². The molecule has 1 saturated heterocycles. The van der Waals surface area contributed by atoms with Crippen LogP contribution >= 0.6 is 11.6 Å². The first kappa shape index (κ1) is 21.3. The van der Waals surface area contributed by atoms with E-state index in [9.17, 15) is 14.0 Å². The van der Waals surface area contributed by atoms with E-state index in [-0.39, 0.29) is 10.9 Å². The molecule has 4 rings (SSSR count). The number of benzene rings is 2. The molecule has 5 nitrogen and oxygen atoms in total. The van der Waals surface area contributed by atoms with Gasteiger partial charge in [-0.15, -0.1) is 0 Å². The molecular formula is C24H23ClFN3O2. The Balaban J connectivity index is 1.75. The van der Waals surface area contributed by atoms with E-state index in [1.165, 1.54) is 12.1 Å². The third kappa shape index (κ3) is 4.40. The maximum absolute atomic E-state index is 14.9. The molecule has 1 fully saturated rings. The van der Waals surface area contributed by atoms with Gasteiger partial charge >= 0.3 is 0 Å². The van der Waals surface area contributed by atoms with Crippen molar-refractivity contribution in [2.75, 3.05) is 31.1 Å². The summed E-state index contributed by atoms with van der Waals surface area (Å²) >= 11 is 5.88. The number of hydrogen-bond donors (Lipinski definition) is 1. The summed E-state index contributed by atoms with van der Waals surface area (Å²) in [6, 6.07) is 10.0. The van der Waals surface area contributed by atoms with Crippen molar-refractivity contribution in [3.05, 3.63) is 80.9 Å². The van der Waals surface area contributed by atoms with Crippen molar-refractivity contribution in [2.45, 2.75) is 13.5 Å². The highest BCUT2D eigenvalue weighted by atomic mass is 35.5. The van der Waals surface area contributed by atoms with Crippen molar-refractivity contribution in [2.24, 2.45) is 0 Å². The van der Waals surface area contributed by atoms with E-state index in [2.05, 4.69) is 5.32 Å². The lowest BCUT2D eigenvalue weighted by molar-refractivity contribution is 0.104. The number of carbonyl (C=O) groups is 1. The van der Waals surface area contributed by atoms with Crippen LogP contribution in [0.3, 0.4) is 0 Å². The normalized spacial score (nSPS) is 14.5. The molecule has 1 aliphatic rings. The van der Waals surface area contributed by atoms with Gasteiger partial charge in [-0.05, 0) is 42.8 Å². The second-order valence-electron chi connectivity index (χ2n) is 7.46. The highest BCUT2D eigenvalue weighted by molar-refractivity contribution is 6.30. The molecule has 0 unspecified atom stereocenters. The summed E-state index contributed by atoms with van der Waals surface area (Å²) in [5.74, 6) is -0.869. The fourth-order valence-electron chi connectivity index (χ4n) is 3.82. The Kier molecular flexibility index (Phi) is 6.20. The quantitative estimate of drug-likeness (QED) is 0.480. The van der Waals surface area contributed by atoms with Gasteiger partial charge in [-0.3, -0.25) is 9.59 Å². The average Bonchev–Trinajstić information content (AvgIpc) is 2.79. The van der Waals surface area contributed by atoms with Gasteiger partial charge in [0.05, 0.1) is 16.8 Å². The topological polar surface area (TPSA) is 54.3 Å². The largest absolute Gasteiger partial charge is 0.367 e. The number of pyridine rings is 1. The van der Waals surface area contributed by atoms with Gasteiger partial charge in [-0.2, -0.15) is 0 Å². The lowest BCUT2D eigenvalue weighted by Gasteiger charge is -2.30. The number of rotatable bonds is 5. The number of carbonyl (C=O) groups excluding carboxylic acids is 1. The summed E-state index contributed by atoms with van der Waals surface area (Å²) in [7, 11) is 0. The number of halogens is 2. The Labute approximate surface area is 184 Å². The minimum Gasteiger partial charge on any atom is -0.367 e. The van der Waals surface area contributed by atoms with Crippen molar-refractivity contribution in [1.82, 2.24) is 9.88 Å². The molecule has 2 heterocycles. The second-order valence-corrected chi connectivity index (χ2v) is 7.90. The maximum atomic E-state index is 14.9. The molecule has 2 aromatic carbocycles. The number of fused-ring (bicyclic) bond motifs is 1. The molecular weight excluding hydrogens is 417 g/mol. The molecule has 3 aromatic rings. The minimum atomic E-state index is -0.462. The third-order valence-electron chi connectivity index (χ3n) is 5.51. The molecule has 31 heavy (non-hydrogen) atoms. The number of aryl methyl sites for hydroxylation is 1. The van der Waals surface area contributed by atoms with E-state index >= 15 is 0 Å². The first-order valence-electron chi connectivity index (χ1n) is 10.3. The standard InChI is InChI=1S/C24H23ClFN3O2/c1-2-28-15-19(23(30)8-5-16-3-6-17(25)7-4-16)24(31)18-13-20(26)22(14-21(18)28)29-11-9-27-10-12-29/h3-8,13-15,27H,2,9-12H2,1H3/b8-5+. The number of nitrogens with one attached hydrogen (secondary N) is 1. The van der Waals surface area contributed by atoms with E-state index in [1.54, 1.807) is 42.6 Å². The molecule has 1 aromatic heterocycles. The van der Waals surface area contributed by atoms with Crippen LogP contribution in [0, 0.1) is 5.82 Å². The highest BCUT2D eigenvalue weighted by Gasteiger charge is 2.19. The molecule has 0 spiro atoms. The summed E-state index contributed by atoms with van der Waals surface area (Å²) in [6.07, 6.45) is 4.56. The second kappa shape index (κ2) is 9.04. The Morgan fingerprint density at radius 1 is 1.19 bits per heavy atom. The Morgan fingerprint density at radius 3 is 2.58 bits per heavy atom. The number of piperazine rings is 1. The number of aromatic nitrogens is 1. The fourth-order valence-corrected chi connectivity index (χ4v) is 3.95. The summed E-state index contributed by atoms with van der Waals surface area (Å²) < 4.78 is 16.8. The summed E-state index contributed by atoms with van der Waals surface area (Å²) in [6.45, 7) is 5.44. The van der Waals surface area contributed by atoms with E-state index in [0.717, 1.165) is 18.7 Å². The van der Waals surface area contributed by atoms with E-state index in [1.807, 2.05) is 16.4 Å². The SMILES string of the molecule is CCn1cc(C(=O)/C=C/c2ccc(Cl)cc2)c(=O)c2cc(F)c(N3CCNCC3)cc21. The van der Waals surface area contributed by atoms with Crippen molar-refractivity contribution >= 4 is 40.1 Å². The van der Waals surface area contributed by atoms with Gasteiger partial charge in [0, 0.05) is 49.3 Å². The van der Waals surface area contributed by atoms with Gasteiger partial charge < -0.3 is 14.8 Å². The molecule has 0 aliphatic carbocycles. The Morgan fingerprint density at radius 2 is 1.90 bits per heavy atom. The zero-order valence-electron chi connectivity index (χ0n) is 17.2. The summed E-state index contributed by atoms with van der Waals surface area (Å²) in [5, 5.41) is 4.06. The highest BCUT2D eigenvalue weighted by Crippen LogP contribution is 2.26. The smallest absolute Gasteiger partial charge is 0.200 e. The number of ketones is 1. The zero-order chi connectivity index (χ0) is 22.0. The fraction of sp³-hybridized carbons (Fsp3) is 0.250. The van der Waals surface area contributed by atoms with Gasteiger partial charge in [-0.1, -0.05) is 29.8 Å². The van der Waals surface area contributed by atoms with Crippen LogP contribution in [0.1, 0.15) is 22.8 Å². The van der Waals surface area contributed by atoms with Crippen LogP contribution in [0.5, 0.6) is 0 Å². The van der Waals surface area contributed by atoms with Crippen LogP contribution in [-0.4, -0.2) is 36.5 Å². The lowest BCUT2D eigenvalue weighted by Crippen LogP contribution is -2.43. The summed E-state index contributed by atoms with van der Waals surface area (Å²) in [5.41, 5.74) is 1.46. The number of allylic oxidation sites excluding steroid dienone is 1. The predicted molar refractivity (Wildman–Crippen MR) is 124 cm³/mol. The molecule has 0 saturated carbocycles. The van der Waals surface area contributed by atoms with E-state index in [4.69, 9.17) is 11.6 Å². The third-order valence-corrected chi connectivity index (χ3v) is 5.76.